The molecule has 1 aliphatic carbocycles. The van der Waals surface area contributed by atoms with Gasteiger partial charge in [0.15, 0.2) is 11.5 Å². The van der Waals surface area contributed by atoms with Gasteiger partial charge in [-0.3, -0.25) is 5.32 Å². The van der Waals surface area contributed by atoms with Gasteiger partial charge < -0.3 is 18.9 Å². The van der Waals surface area contributed by atoms with Crippen LogP contribution in [0.3, 0.4) is 0 Å². The summed E-state index contributed by atoms with van der Waals surface area (Å²) in [5.41, 5.74) is 4.45. The van der Waals surface area contributed by atoms with E-state index in [0.717, 1.165) is 36.1 Å². The summed E-state index contributed by atoms with van der Waals surface area (Å²) in [4.78, 5) is 25.8. The number of carbonyl (C=O) groups excluding carboxylic acids is 2. The van der Waals surface area contributed by atoms with E-state index in [1.54, 1.807) is 12.1 Å². The van der Waals surface area contributed by atoms with E-state index in [9.17, 15) is 9.59 Å². The van der Waals surface area contributed by atoms with Gasteiger partial charge in [-0.05, 0) is 43.4 Å². The highest BCUT2D eigenvalue weighted by atomic mass is 32.1. The van der Waals surface area contributed by atoms with Crippen molar-refractivity contribution in [2.75, 3.05) is 33.8 Å². The van der Waals surface area contributed by atoms with E-state index in [-0.39, 0.29) is 0 Å². The second-order valence-corrected chi connectivity index (χ2v) is 7.79. The maximum Gasteiger partial charge on any atom is 0.341 e. The molecule has 31 heavy (non-hydrogen) atoms. The molecule has 0 fully saturated rings. The predicted octanol–water partition coefficient (Wildman–Crippen LogP) is 3.59. The zero-order valence-corrected chi connectivity index (χ0v) is 18.7. The molecule has 3 rings (SSSR count). The number of nitrogens with zero attached hydrogens (tertiary/aromatic N) is 1. The first-order valence-corrected chi connectivity index (χ1v) is 10.5. The molecule has 0 spiro atoms. The van der Waals surface area contributed by atoms with Crippen LogP contribution in [0.5, 0.6) is 17.2 Å². The number of anilines is 1. The van der Waals surface area contributed by atoms with Gasteiger partial charge in [-0.1, -0.05) is 0 Å². The summed E-state index contributed by atoms with van der Waals surface area (Å²) in [7, 11) is 5.89. The van der Waals surface area contributed by atoms with E-state index in [1.165, 1.54) is 46.0 Å². The molecule has 0 aliphatic heterocycles. The van der Waals surface area contributed by atoms with E-state index in [0.29, 0.717) is 33.4 Å². The highest BCUT2D eigenvalue weighted by Crippen LogP contribution is 2.39. The van der Waals surface area contributed by atoms with E-state index >= 15 is 0 Å². The SMILES string of the molecule is COC(=O)c1c(NC(=O)NN=Cc2cc(OC)c(OC)c(OC)c2)sc2c1CCCC2. The Kier molecular flexibility index (Phi) is 7.35. The summed E-state index contributed by atoms with van der Waals surface area (Å²) >= 11 is 1.41. The Morgan fingerprint density at radius 2 is 1.71 bits per heavy atom. The number of carbonyl (C=O) groups is 2. The van der Waals surface area contributed by atoms with Crippen molar-refractivity contribution in [3.8, 4) is 17.2 Å². The number of ether oxygens (including phenoxy) is 4. The topological polar surface area (TPSA) is 107 Å². The Morgan fingerprint density at radius 3 is 2.32 bits per heavy atom. The van der Waals surface area contributed by atoms with Crippen LogP contribution in [0.2, 0.25) is 0 Å². The number of rotatable bonds is 7. The quantitative estimate of drug-likeness (QED) is 0.382. The monoisotopic (exact) mass is 447 g/mol. The summed E-state index contributed by atoms with van der Waals surface area (Å²) < 4.78 is 20.8. The Morgan fingerprint density at radius 1 is 1.03 bits per heavy atom. The van der Waals surface area contributed by atoms with Crippen LogP contribution in [-0.2, 0) is 17.6 Å². The molecule has 0 atom stereocenters. The largest absolute Gasteiger partial charge is 0.493 e. The van der Waals surface area contributed by atoms with Crippen molar-refractivity contribution in [1.82, 2.24) is 5.43 Å². The van der Waals surface area contributed by atoms with Crippen LogP contribution in [0.4, 0.5) is 9.80 Å². The van der Waals surface area contributed by atoms with E-state index < -0.39 is 12.0 Å². The lowest BCUT2D eigenvalue weighted by Gasteiger charge is -2.12. The number of esters is 1. The normalized spacial score (nSPS) is 12.8. The van der Waals surface area contributed by atoms with Gasteiger partial charge in [-0.25, -0.2) is 15.0 Å². The standard InChI is InChI=1S/C21H25N3O6S/c1-27-14-9-12(10-15(28-2)18(14)29-3)11-22-24-21(26)23-19-17(20(25)30-4)13-7-5-6-8-16(13)31-19/h9-11H,5-8H2,1-4H3,(H2,23,24,26). The zero-order valence-electron chi connectivity index (χ0n) is 17.9. The Balaban J connectivity index is 1.73. The number of thiophene rings is 1. The van der Waals surface area contributed by atoms with Crippen LogP contribution >= 0.6 is 11.3 Å². The number of nitrogens with one attached hydrogen (secondary N) is 2. The van der Waals surface area contributed by atoms with Crippen LogP contribution in [-0.4, -0.2) is 46.7 Å². The second-order valence-electron chi connectivity index (χ2n) is 6.69. The van der Waals surface area contributed by atoms with Gasteiger partial charge in [0.2, 0.25) is 5.75 Å². The summed E-state index contributed by atoms with van der Waals surface area (Å²) in [5.74, 6) is 0.958. The van der Waals surface area contributed by atoms with Gasteiger partial charge in [-0.2, -0.15) is 5.10 Å². The Hall–Kier alpha value is -3.27. The van der Waals surface area contributed by atoms with Gasteiger partial charge in [0.25, 0.3) is 0 Å². The number of urea groups is 1. The van der Waals surface area contributed by atoms with Gasteiger partial charge >= 0.3 is 12.0 Å². The Bertz CT molecular complexity index is 976. The first-order valence-electron chi connectivity index (χ1n) is 9.65. The molecule has 2 amide bonds. The Labute approximate surface area is 184 Å². The van der Waals surface area contributed by atoms with Crippen LogP contribution in [0.25, 0.3) is 0 Å². The molecule has 1 aromatic heterocycles. The number of hydrazone groups is 1. The maximum absolute atomic E-state index is 12.4. The number of fused-ring (bicyclic) bond motifs is 1. The van der Waals surface area contributed by atoms with Gasteiger partial charge in [0, 0.05) is 10.4 Å². The molecular weight excluding hydrogens is 422 g/mol. The molecular formula is C21H25N3O6S. The lowest BCUT2D eigenvalue weighted by molar-refractivity contribution is 0.0601. The summed E-state index contributed by atoms with van der Waals surface area (Å²) in [6.07, 6.45) is 5.23. The summed E-state index contributed by atoms with van der Waals surface area (Å²) in [6.45, 7) is 0. The molecule has 1 aromatic carbocycles. The van der Waals surface area contributed by atoms with Crippen molar-refractivity contribution in [3.63, 3.8) is 0 Å². The minimum Gasteiger partial charge on any atom is -0.493 e. The molecule has 9 nitrogen and oxygen atoms in total. The van der Waals surface area contributed by atoms with Crippen molar-refractivity contribution < 1.29 is 28.5 Å². The van der Waals surface area contributed by atoms with Gasteiger partial charge in [-0.15, -0.1) is 11.3 Å². The van der Waals surface area contributed by atoms with Crippen molar-refractivity contribution in [3.05, 3.63) is 33.7 Å². The maximum atomic E-state index is 12.4. The smallest absolute Gasteiger partial charge is 0.341 e. The summed E-state index contributed by atoms with van der Waals surface area (Å²) in [5, 5.41) is 7.16. The number of amides is 2. The van der Waals surface area contributed by atoms with Crippen molar-refractivity contribution in [1.29, 1.82) is 0 Å². The number of methoxy groups -OCH3 is 4. The minimum absolute atomic E-state index is 0.436. The van der Waals surface area contributed by atoms with Crippen LogP contribution in [0.15, 0.2) is 17.2 Å². The molecule has 1 heterocycles. The molecule has 0 saturated carbocycles. The number of hydrogen-bond donors (Lipinski definition) is 2. The van der Waals surface area contributed by atoms with Crippen LogP contribution in [0.1, 0.15) is 39.2 Å². The molecule has 10 heteroatoms. The highest BCUT2D eigenvalue weighted by Gasteiger charge is 2.26. The first-order chi connectivity index (χ1) is 15.0. The number of hydrogen-bond acceptors (Lipinski definition) is 8. The fourth-order valence-corrected chi connectivity index (χ4v) is 4.72. The van der Waals surface area contributed by atoms with Gasteiger partial charge in [0.1, 0.15) is 5.00 Å². The molecule has 2 N–H and O–H groups in total. The fourth-order valence-electron chi connectivity index (χ4n) is 3.44. The average molecular weight is 448 g/mol. The molecule has 1 aliphatic rings. The molecule has 166 valence electrons. The number of benzene rings is 1. The number of aryl methyl sites for hydroxylation is 1. The third kappa shape index (κ3) is 4.91. The van der Waals surface area contributed by atoms with Crippen molar-refractivity contribution >= 4 is 34.6 Å². The first kappa shape index (κ1) is 22.4. The van der Waals surface area contributed by atoms with Crippen molar-refractivity contribution in [2.45, 2.75) is 25.7 Å². The molecule has 0 bridgehead atoms. The van der Waals surface area contributed by atoms with E-state index in [2.05, 4.69) is 15.8 Å². The third-order valence-corrected chi connectivity index (χ3v) is 6.06. The average Bonchev–Trinajstić information content (AvgIpc) is 3.15. The summed E-state index contributed by atoms with van der Waals surface area (Å²) in [6, 6.07) is 2.84. The van der Waals surface area contributed by atoms with Crippen LogP contribution in [0, 0.1) is 0 Å². The molecule has 0 saturated heterocycles. The lowest BCUT2D eigenvalue weighted by Crippen LogP contribution is -2.24. The zero-order chi connectivity index (χ0) is 22.4. The molecule has 0 unspecified atom stereocenters. The third-order valence-electron chi connectivity index (χ3n) is 4.85. The van der Waals surface area contributed by atoms with E-state index in [1.807, 2.05) is 0 Å². The van der Waals surface area contributed by atoms with E-state index in [4.69, 9.17) is 18.9 Å². The second kappa shape index (κ2) is 10.2. The lowest BCUT2D eigenvalue weighted by atomic mass is 9.95. The van der Waals surface area contributed by atoms with Crippen molar-refractivity contribution in [2.24, 2.45) is 5.10 Å². The van der Waals surface area contributed by atoms with Crippen LogP contribution < -0.4 is 25.0 Å². The molecule has 2 aromatic rings. The molecule has 0 radical (unpaired) electrons. The fraction of sp³-hybridized carbons (Fsp3) is 0.381. The van der Waals surface area contributed by atoms with Gasteiger partial charge in [0.05, 0.1) is 40.2 Å². The minimum atomic E-state index is -0.563. The predicted molar refractivity (Wildman–Crippen MR) is 118 cm³/mol. The highest BCUT2D eigenvalue weighted by molar-refractivity contribution is 7.17.